The van der Waals surface area contributed by atoms with E-state index in [0.29, 0.717) is 6.61 Å². The van der Waals surface area contributed by atoms with Gasteiger partial charge in [0.2, 0.25) is 0 Å². The second kappa shape index (κ2) is 20.6. The first-order valence-electron chi connectivity index (χ1n) is 6.22. The molecule has 0 aliphatic heterocycles. The molecule has 0 bridgehead atoms. The van der Waals surface area contributed by atoms with Crippen LogP contribution in [0.2, 0.25) is 0 Å². The summed E-state index contributed by atoms with van der Waals surface area (Å²) in [5.41, 5.74) is 5.42. The van der Waals surface area contributed by atoms with E-state index >= 15 is 0 Å². The van der Waals surface area contributed by atoms with Gasteiger partial charge in [-0.15, -0.1) is 12.4 Å². The summed E-state index contributed by atoms with van der Waals surface area (Å²) in [6.07, 6.45) is 12.8. The summed E-state index contributed by atoms with van der Waals surface area (Å²) in [5, 5.41) is 8.58. The minimum atomic E-state index is 0. The molecule has 0 saturated heterocycles. The zero-order chi connectivity index (χ0) is 10.5. The molecule has 0 unspecified atom stereocenters. The molecule has 0 saturated carbocycles. The van der Waals surface area contributed by atoms with E-state index in [1.54, 1.807) is 0 Å². The molecule has 0 aliphatic rings. The van der Waals surface area contributed by atoms with Crippen LogP contribution in [0.1, 0.15) is 64.2 Å². The molecule has 3 radical (unpaired) electrons. The van der Waals surface area contributed by atoms with Crippen LogP contribution in [0.15, 0.2) is 0 Å². The molecule has 0 aromatic heterocycles. The monoisotopic (exact) mass is 251 g/mol. The molecule has 0 fully saturated rings. The minimum absolute atomic E-state index is 0. The van der Waals surface area contributed by atoms with Gasteiger partial charge in [0, 0.05) is 12.8 Å². The lowest BCUT2D eigenvalue weighted by Crippen LogP contribution is -1.97. The summed E-state index contributed by atoms with van der Waals surface area (Å²) in [6.45, 7) is 1.21. The summed E-state index contributed by atoms with van der Waals surface area (Å²) in [6, 6.07) is 0. The summed E-state index contributed by atoms with van der Waals surface area (Å²) in [5.74, 6) is 0. The van der Waals surface area contributed by atoms with Crippen LogP contribution in [0.25, 0.3) is 0 Å². The smallest absolute Gasteiger partial charge is 0.0431 e. The minimum Gasteiger partial charge on any atom is -0.396 e. The van der Waals surface area contributed by atoms with E-state index in [1.807, 2.05) is 0 Å². The first-order chi connectivity index (χ1) is 6.91. The normalized spacial score (nSPS) is 9.38. The summed E-state index contributed by atoms with van der Waals surface area (Å²) in [4.78, 5) is 0. The standard InChI is InChI=1S/C12H27NO.ClH.N/c13-11-9-7-5-3-1-2-4-6-8-10-12-14;;/h14H,1-13H2;1H;. The maximum atomic E-state index is 8.58. The Morgan fingerprint density at radius 1 is 0.625 bits per heavy atom. The molecule has 3 N–H and O–H groups in total. The van der Waals surface area contributed by atoms with Crippen LogP contribution < -0.4 is 11.9 Å². The molecule has 0 aromatic carbocycles. The Morgan fingerprint density at radius 2 is 0.938 bits per heavy atom. The number of nitrogens with zero attached hydrogens (tertiary/aromatic N) is 1. The molecule has 0 spiro atoms. The molecule has 0 heterocycles. The van der Waals surface area contributed by atoms with Crippen molar-refractivity contribution in [3.8, 4) is 0 Å². The second-order valence-corrected chi connectivity index (χ2v) is 4.05. The zero-order valence-electron chi connectivity index (χ0n) is 10.4. The molecule has 0 atom stereocenters. The van der Waals surface area contributed by atoms with Gasteiger partial charge < -0.3 is 10.8 Å². The van der Waals surface area contributed by atoms with Gasteiger partial charge in [0.05, 0.1) is 0 Å². The van der Waals surface area contributed by atoms with Gasteiger partial charge in [0.25, 0.3) is 0 Å². The van der Waals surface area contributed by atoms with E-state index in [1.165, 1.54) is 57.8 Å². The topological polar surface area (TPSA) is 76.8 Å². The highest BCUT2D eigenvalue weighted by molar-refractivity contribution is 5.85. The average Bonchev–Trinajstić information content (AvgIpc) is 2.21. The van der Waals surface area contributed by atoms with E-state index in [2.05, 4.69) is 0 Å². The number of aliphatic hydroxyl groups is 1. The number of aliphatic hydroxyl groups excluding tert-OH is 1. The first-order valence-corrected chi connectivity index (χ1v) is 6.22. The van der Waals surface area contributed by atoms with Gasteiger partial charge in [-0.1, -0.05) is 51.4 Å². The van der Waals surface area contributed by atoms with Gasteiger partial charge in [-0.05, 0) is 19.4 Å². The Morgan fingerprint density at radius 3 is 1.25 bits per heavy atom. The highest BCUT2D eigenvalue weighted by Gasteiger charge is 1.91. The van der Waals surface area contributed by atoms with Crippen molar-refractivity contribution >= 4 is 12.4 Å². The van der Waals surface area contributed by atoms with Crippen LogP contribution in [0.3, 0.4) is 0 Å². The van der Waals surface area contributed by atoms with Crippen LogP contribution in [0.4, 0.5) is 0 Å². The third-order valence-electron chi connectivity index (χ3n) is 2.61. The van der Waals surface area contributed by atoms with Crippen molar-refractivity contribution in [2.75, 3.05) is 13.2 Å². The molecular formula is C12H28ClN2O. The van der Waals surface area contributed by atoms with Crippen molar-refractivity contribution < 1.29 is 5.11 Å². The van der Waals surface area contributed by atoms with Crippen LogP contribution >= 0.6 is 12.4 Å². The van der Waals surface area contributed by atoms with Crippen molar-refractivity contribution in [2.24, 2.45) is 5.73 Å². The summed E-state index contributed by atoms with van der Waals surface area (Å²) in [7, 11) is 0. The number of unbranched alkanes of at least 4 members (excludes halogenated alkanes) is 9. The summed E-state index contributed by atoms with van der Waals surface area (Å²) >= 11 is 0. The van der Waals surface area contributed by atoms with E-state index < -0.39 is 0 Å². The molecular weight excluding hydrogens is 224 g/mol. The maximum Gasteiger partial charge on any atom is 0.0431 e. The Hall–Kier alpha value is 0.170. The SMILES string of the molecule is Cl.NCCCCCCCCCCCCO.[N]. The zero-order valence-corrected chi connectivity index (χ0v) is 11.2. The van der Waals surface area contributed by atoms with Gasteiger partial charge in [-0.2, -0.15) is 0 Å². The van der Waals surface area contributed by atoms with Gasteiger partial charge >= 0.3 is 0 Å². The molecule has 3 nitrogen and oxygen atoms in total. The second-order valence-electron chi connectivity index (χ2n) is 4.05. The van der Waals surface area contributed by atoms with Gasteiger partial charge in [0.1, 0.15) is 0 Å². The molecule has 0 rings (SSSR count). The van der Waals surface area contributed by atoms with Crippen LogP contribution in [0.5, 0.6) is 0 Å². The number of nitrogens with two attached hydrogens (primary N) is 1. The predicted molar refractivity (Wildman–Crippen MR) is 71.7 cm³/mol. The van der Waals surface area contributed by atoms with Crippen molar-refractivity contribution in [1.82, 2.24) is 6.15 Å². The molecule has 4 heteroatoms. The van der Waals surface area contributed by atoms with Crippen LogP contribution in [-0.2, 0) is 0 Å². The fourth-order valence-corrected chi connectivity index (χ4v) is 1.67. The fourth-order valence-electron chi connectivity index (χ4n) is 1.67. The highest BCUT2D eigenvalue weighted by Crippen LogP contribution is 2.09. The van der Waals surface area contributed by atoms with Crippen LogP contribution in [0, 0.1) is 0 Å². The number of hydrogen-bond acceptors (Lipinski definition) is 2. The van der Waals surface area contributed by atoms with E-state index in [4.69, 9.17) is 10.8 Å². The summed E-state index contributed by atoms with van der Waals surface area (Å²) < 4.78 is 0. The Balaban J connectivity index is -0.000000845. The quantitative estimate of drug-likeness (QED) is 0.554. The first kappa shape index (κ1) is 21.5. The predicted octanol–water partition coefficient (Wildman–Crippen LogP) is 2.78. The lowest BCUT2D eigenvalue weighted by molar-refractivity contribution is 0.282. The Kier molecular flexibility index (Phi) is 27.6. The third kappa shape index (κ3) is 19.7. The Bertz CT molecular complexity index is 93.0. The highest BCUT2D eigenvalue weighted by atomic mass is 35.5. The van der Waals surface area contributed by atoms with Gasteiger partial charge in [-0.25, -0.2) is 0 Å². The van der Waals surface area contributed by atoms with Crippen molar-refractivity contribution in [2.45, 2.75) is 64.2 Å². The van der Waals surface area contributed by atoms with E-state index in [9.17, 15) is 0 Å². The van der Waals surface area contributed by atoms with Crippen LogP contribution in [-0.4, -0.2) is 18.3 Å². The van der Waals surface area contributed by atoms with E-state index in [-0.39, 0.29) is 18.6 Å². The molecule has 0 aromatic rings. The maximum absolute atomic E-state index is 8.58. The number of rotatable bonds is 11. The molecule has 0 amide bonds. The molecule has 99 valence electrons. The fraction of sp³-hybridized carbons (Fsp3) is 1.00. The van der Waals surface area contributed by atoms with Gasteiger partial charge in [-0.3, -0.25) is 0 Å². The lowest BCUT2D eigenvalue weighted by Gasteiger charge is -2.01. The average molecular weight is 252 g/mol. The van der Waals surface area contributed by atoms with Crippen molar-refractivity contribution in [3.63, 3.8) is 0 Å². The van der Waals surface area contributed by atoms with Gasteiger partial charge in [0.15, 0.2) is 0 Å². The van der Waals surface area contributed by atoms with E-state index in [0.717, 1.165) is 13.0 Å². The number of hydrogen-bond donors (Lipinski definition) is 2. The third-order valence-corrected chi connectivity index (χ3v) is 2.61. The van der Waals surface area contributed by atoms with Crippen molar-refractivity contribution in [3.05, 3.63) is 0 Å². The Labute approximate surface area is 107 Å². The molecule has 0 aliphatic carbocycles. The molecule has 16 heavy (non-hydrogen) atoms. The van der Waals surface area contributed by atoms with Crippen molar-refractivity contribution in [1.29, 1.82) is 0 Å². The number of halogens is 1. The lowest BCUT2D eigenvalue weighted by atomic mass is 10.1. The largest absolute Gasteiger partial charge is 0.396 e.